The molecule has 0 radical (unpaired) electrons. The average molecular weight is 525 g/mol. The van der Waals surface area contributed by atoms with E-state index in [2.05, 4.69) is 26.6 Å². The fourth-order valence-corrected chi connectivity index (χ4v) is 3.46. The SMILES string of the molecule is Cc1ccc(NC(=O)COc2ccc(/C=C(\C#N)C(=O)Nc3ccccc3Cl)cc2Br)cc1. The van der Waals surface area contributed by atoms with Crippen molar-refractivity contribution in [2.45, 2.75) is 6.92 Å². The number of carbonyl (C=O) groups excluding carboxylic acids is 2. The summed E-state index contributed by atoms with van der Waals surface area (Å²) in [7, 11) is 0. The third kappa shape index (κ3) is 6.94. The molecule has 0 bridgehead atoms. The van der Waals surface area contributed by atoms with Crippen LogP contribution in [0.25, 0.3) is 6.08 Å². The van der Waals surface area contributed by atoms with Crippen LogP contribution >= 0.6 is 27.5 Å². The molecule has 33 heavy (non-hydrogen) atoms. The van der Waals surface area contributed by atoms with Crippen LogP contribution in [0.3, 0.4) is 0 Å². The Bertz CT molecular complexity index is 1250. The van der Waals surface area contributed by atoms with Gasteiger partial charge < -0.3 is 15.4 Å². The normalized spacial score (nSPS) is 10.8. The van der Waals surface area contributed by atoms with Gasteiger partial charge in [0.2, 0.25) is 0 Å². The lowest BCUT2D eigenvalue weighted by Crippen LogP contribution is -2.20. The van der Waals surface area contributed by atoms with Crippen LogP contribution < -0.4 is 15.4 Å². The Hall–Kier alpha value is -3.60. The molecule has 166 valence electrons. The van der Waals surface area contributed by atoms with Crippen LogP contribution in [0.4, 0.5) is 11.4 Å². The van der Waals surface area contributed by atoms with Crippen molar-refractivity contribution in [3.05, 3.63) is 92.9 Å². The molecule has 0 aliphatic rings. The molecule has 2 N–H and O–H groups in total. The lowest BCUT2D eigenvalue weighted by Gasteiger charge is -2.10. The van der Waals surface area contributed by atoms with Gasteiger partial charge in [0.15, 0.2) is 6.61 Å². The second kappa shape index (κ2) is 11.3. The first kappa shape index (κ1) is 24.1. The van der Waals surface area contributed by atoms with E-state index in [4.69, 9.17) is 16.3 Å². The summed E-state index contributed by atoms with van der Waals surface area (Å²) in [6, 6.07) is 21.1. The van der Waals surface area contributed by atoms with E-state index in [1.165, 1.54) is 6.08 Å². The summed E-state index contributed by atoms with van der Waals surface area (Å²) in [4.78, 5) is 24.6. The molecule has 6 nitrogen and oxygen atoms in total. The van der Waals surface area contributed by atoms with E-state index in [0.717, 1.165) is 5.56 Å². The summed E-state index contributed by atoms with van der Waals surface area (Å²) in [6.45, 7) is 1.79. The van der Waals surface area contributed by atoms with Gasteiger partial charge in [-0.1, -0.05) is 47.5 Å². The van der Waals surface area contributed by atoms with E-state index in [1.807, 2.05) is 37.3 Å². The molecule has 0 aliphatic heterocycles. The summed E-state index contributed by atoms with van der Waals surface area (Å²) >= 11 is 9.45. The molecule has 3 aromatic carbocycles. The number of amides is 2. The van der Waals surface area contributed by atoms with Crippen molar-refractivity contribution >= 4 is 56.8 Å². The molecule has 8 heteroatoms. The van der Waals surface area contributed by atoms with Gasteiger partial charge in [0.25, 0.3) is 11.8 Å². The number of anilines is 2. The van der Waals surface area contributed by atoms with Gasteiger partial charge in [-0.3, -0.25) is 9.59 Å². The molecular formula is C25H19BrClN3O3. The molecule has 0 saturated carbocycles. The fourth-order valence-electron chi connectivity index (χ4n) is 2.77. The van der Waals surface area contributed by atoms with Gasteiger partial charge in [-0.2, -0.15) is 5.26 Å². The molecule has 2 amide bonds. The number of aryl methyl sites for hydroxylation is 1. The highest BCUT2D eigenvalue weighted by Gasteiger charge is 2.12. The zero-order chi connectivity index (χ0) is 23.8. The minimum absolute atomic E-state index is 0.0898. The number of ether oxygens (including phenoxy) is 1. The summed E-state index contributed by atoms with van der Waals surface area (Å²) in [5, 5.41) is 15.2. The first-order valence-electron chi connectivity index (χ1n) is 9.82. The summed E-state index contributed by atoms with van der Waals surface area (Å²) in [5.41, 5.74) is 2.72. The van der Waals surface area contributed by atoms with Crippen LogP contribution in [-0.4, -0.2) is 18.4 Å². The number of rotatable bonds is 7. The maximum atomic E-state index is 12.5. The van der Waals surface area contributed by atoms with Gasteiger partial charge >= 0.3 is 0 Å². The molecule has 0 spiro atoms. The minimum Gasteiger partial charge on any atom is -0.483 e. The van der Waals surface area contributed by atoms with Gasteiger partial charge in [-0.25, -0.2) is 0 Å². The Morgan fingerprint density at radius 1 is 1.09 bits per heavy atom. The maximum Gasteiger partial charge on any atom is 0.266 e. The van der Waals surface area contributed by atoms with E-state index in [0.29, 0.717) is 32.2 Å². The largest absolute Gasteiger partial charge is 0.483 e. The topological polar surface area (TPSA) is 91.2 Å². The third-order valence-corrected chi connectivity index (χ3v) is 5.40. The van der Waals surface area contributed by atoms with Crippen molar-refractivity contribution in [3.63, 3.8) is 0 Å². The van der Waals surface area contributed by atoms with Gasteiger partial charge in [0.1, 0.15) is 17.4 Å². The quantitative estimate of drug-likeness (QED) is 0.294. The maximum absolute atomic E-state index is 12.5. The minimum atomic E-state index is -0.574. The van der Waals surface area contributed by atoms with Crippen LogP contribution in [0.5, 0.6) is 5.75 Å². The molecule has 3 rings (SSSR count). The number of carbonyl (C=O) groups is 2. The van der Waals surface area contributed by atoms with E-state index >= 15 is 0 Å². The molecular weight excluding hydrogens is 506 g/mol. The van der Waals surface area contributed by atoms with Gasteiger partial charge in [-0.15, -0.1) is 0 Å². The molecule has 0 unspecified atom stereocenters. The number of nitrogens with zero attached hydrogens (tertiary/aromatic N) is 1. The Kier molecular flexibility index (Phi) is 8.25. The smallest absolute Gasteiger partial charge is 0.266 e. The van der Waals surface area contributed by atoms with Crippen LogP contribution in [-0.2, 0) is 9.59 Å². The number of benzene rings is 3. The average Bonchev–Trinajstić information content (AvgIpc) is 2.80. The number of nitrogens with one attached hydrogen (secondary N) is 2. The lowest BCUT2D eigenvalue weighted by atomic mass is 10.1. The molecule has 3 aromatic rings. The number of nitriles is 1. The Balaban J connectivity index is 1.63. The van der Waals surface area contributed by atoms with E-state index < -0.39 is 5.91 Å². The van der Waals surface area contributed by atoms with Gasteiger partial charge in [-0.05, 0) is 70.9 Å². The van der Waals surface area contributed by atoms with E-state index in [9.17, 15) is 14.9 Å². The van der Waals surface area contributed by atoms with Crippen molar-refractivity contribution in [1.29, 1.82) is 5.26 Å². The molecule has 0 saturated heterocycles. The molecule has 0 atom stereocenters. The standard InChI is InChI=1S/C25H19BrClN3O3/c1-16-6-9-19(10-7-16)29-24(31)15-33-23-11-8-17(13-20(23)26)12-18(14-28)25(32)30-22-5-3-2-4-21(22)27/h2-13H,15H2,1H3,(H,29,31)(H,30,32)/b18-12+. The number of hydrogen-bond donors (Lipinski definition) is 2. The zero-order valence-electron chi connectivity index (χ0n) is 17.6. The monoisotopic (exact) mass is 523 g/mol. The van der Waals surface area contributed by atoms with E-state index in [-0.39, 0.29) is 18.1 Å². The predicted octanol–water partition coefficient (Wildman–Crippen LogP) is 5.97. The van der Waals surface area contributed by atoms with Crippen molar-refractivity contribution in [2.24, 2.45) is 0 Å². The first-order valence-corrected chi connectivity index (χ1v) is 11.0. The highest BCUT2D eigenvalue weighted by atomic mass is 79.9. The summed E-state index contributed by atoms with van der Waals surface area (Å²) in [6.07, 6.45) is 1.45. The van der Waals surface area contributed by atoms with Crippen molar-refractivity contribution in [2.75, 3.05) is 17.2 Å². The fraction of sp³-hybridized carbons (Fsp3) is 0.0800. The second-order valence-corrected chi connectivity index (χ2v) is 8.26. The summed E-state index contributed by atoms with van der Waals surface area (Å²) in [5.74, 6) is -0.419. The van der Waals surface area contributed by atoms with Crippen LogP contribution in [0.2, 0.25) is 5.02 Å². The van der Waals surface area contributed by atoms with Crippen LogP contribution in [0, 0.1) is 18.3 Å². The van der Waals surface area contributed by atoms with E-state index in [1.54, 1.807) is 42.5 Å². The Labute approximate surface area is 205 Å². The van der Waals surface area contributed by atoms with Crippen LogP contribution in [0.1, 0.15) is 11.1 Å². The highest BCUT2D eigenvalue weighted by Crippen LogP contribution is 2.27. The predicted molar refractivity (Wildman–Crippen MR) is 133 cm³/mol. The molecule has 0 heterocycles. The van der Waals surface area contributed by atoms with Crippen molar-refractivity contribution < 1.29 is 14.3 Å². The van der Waals surface area contributed by atoms with Gasteiger partial charge in [0, 0.05) is 5.69 Å². The lowest BCUT2D eigenvalue weighted by molar-refractivity contribution is -0.118. The first-order chi connectivity index (χ1) is 15.9. The number of hydrogen-bond acceptors (Lipinski definition) is 4. The molecule has 0 aliphatic carbocycles. The second-order valence-electron chi connectivity index (χ2n) is 7.00. The number of halogens is 2. The van der Waals surface area contributed by atoms with Gasteiger partial charge in [0.05, 0.1) is 15.2 Å². The Morgan fingerprint density at radius 2 is 1.82 bits per heavy atom. The van der Waals surface area contributed by atoms with Crippen LogP contribution in [0.15, 0.2) is 76.8 Å². The highest BCUT2D eigenvalue weighted by molar-refractivity contribution is 9.10. The number of para-hydroxylation sites is 1. The molecule has 0 fully saturated rings. The van der Waals surface area contributed by atoms with Crippen molar-refractivity contribution in [1.82, 2.24) is 0 Å². The zero-order valence-corrected chi connectivity index (χ0v) is 19.9. The summed E-state index contributed by atoms with van der Waals surface area (Å²) < 4.78 is 6.15. The van der Waals surface area contributed by atoms with Crippen molar-refractivity contribution in [3.8, 4) is 11.8 Å². The third-order valence-electron chi connectivity index (χ3n) is 4.45. The molecule has 0 aromatic heterocycles. The Morgan fingerprint density at radius 3 is 2.48 bits per heavy atom.